The Morgan fingerprint density at radius 2 is 2.33 bits per heavy atom. The molecule has 0 unspecified atom stereocenters. The molecule has 1 fully saturated rings. The van der Waals surface area contributed by atoms with Crippen molar-refractivity contribution in [3.05, 3.63) is 23.7 Å². The van der Waals surface area contributed by atoms with E-state index in [1.807, 2.05) is 7.05 Å². The van der Waals surface area contributed by atoms with Crippen LogP contribution in [-0.4, -0.2) is 25.5 Å². The summed E-state index contributed by atoms with van der Waals surface area (Å²) in [7, 11) is 4.13. The molecule has 0 radical (unpaired) electrons. The monoisotopic (exact) mass is 208 g/mol. The van der Waals surface area contributed by atoms with Crippen molar-refractivity contribution < 1.29 is 4.42 Å². The van der Waals surface area contributed by atoms with Gasteiger partial charge in [-0.05, 0) is 38.9 Å². The minimum absolute atomic E-state index is 0.819. The second kappa shape index (κ2) is 4.81. The second-order valence-corrected chi connectivity index (χ2v) is 4.54. The summed E-state index contributed by atoms with van der Waals surface area (Å²) >= 11 is 0. The maximum atomic E-state index is 5.44. The molecule has 2 rings (SSSR count). The Morgan fingerprint density at radius 3 is 3.00 bits per heavy atom. The molecule has 0 spiro atoms. The second-order valence-electron chi connectivity index (χ2n) is 4.54. The van der Waals surface area contributed by atoms with Crippen LogP contribution in [0.25, 0.3) is 0 Å². The van der Waals surface area contributed by atoms with Crippen molar-refractivity contribution in [1.82, 2.24) is 10.2 Å². The van der Waals surface area contributed by atoms with Crippen molar-refractivity contribution in [1.29, 1.82) is 0 Å². The summed E-state index contributed by atoms with van der Waals surface area (Å²) < 4.78 is 5.44. The molecular weight excluding hydrogens is 188 g/mol. The Labute approximate surface area is 91.4 Å². The van der Waals surface area contributed by atoms with Gasteiger partial charge in [-0.2, -0.15) is 0 Å². The topological polar surface area (TPSA) is 28.4 Å². The lowest BCUT2D eigenvalue weighted by Crippen LogP contribution is -2.21. The van der Waals surface area contributed by atoms with Gasteiger partial charge in [0.05, 0.1) is 12.8 Å². The molecule has 3 nitrogen and oxygen atoms in total. The first-order valence-corrected chi connectivity index (χ1v) is 5.68. The largest absolute Gasteiger partial charge is 0.468 e. The lowest BCUT2D eigenvalue weighted by molar-refractivity contribution is 0.309. The quantitative estimate of drug-likeness (QED) is 0.773. The summed E-state index contributed by atoms with van der Waals surface area (Å²) in [5.74, 6) is 2.02. The minimum atomic E-state index is 0.819. The highest BCUT2D eigenvalue weighted by molar-refractivity contribution is 5.16. The third-order valence-electron chi connectivity index (χ3n) is 2.88. The Morgan fingerprint density at radius 1 is 1.53 bits per heavy atom. The Balaban J connectivity index is 1.87. The molecule has 0 amide bonds. The Bertz CT molecular complexity index is 304. The Kier molecular flexibility index (Phi) is 3.44. The molecule has 84 valence electrons. The van der Waals surface area contributed by atoms with Gasteiger partial charge < -0.3 is 14.6 Å². The molecule has 1 N–H and O–H groups in total. The van der Waals surface area contributed by atoms with Crippen molar-refractivity contribution >= 4 is 0 Å². The first kappa shape index (κ1) is 10.7. The molecular formula is C12H20N2O. The van der Waals surface area contributed by atoms with E-state index < -0.39 is 0 Å². The first-order chi connectivity index (χ1) is 7.29. The predicted octanol–water partition coefficient (Wildman–Crippen LogP) is 1.84. The fraction of sp³-hybridized carbons (Fsp3) is 0.667. The van der Waals surface area contributed by atoms with E-state index in [1.165, 1.54) is 24.9 Å². The van der Waals surface area contributed by atoms with E-state index in [-0.39, 0.29) is 0 Å². The van der Waals surface area contributed by atoms with Gasteiger partial charge >= 0.3 is 0 Å². The van der Waals surface area contributed by atoms with Gasteiger partial charge in [0.2, 0.25) is 0 Å². The number of hydrogen-bond donors (Lipinski definition) is 1. The van der Waals surface area contributed by atoms with Crippen LogP contribution in [0.2, 0.25) is 0 Å². The first-order valence-electron chi connectivity index (χ1n) is 5.68. The van der Waals surface area contributed by atoms with Crippen LogP contribution in [0.3, 0.4) is 0 Å². The average Bonchev–Trinajstić information content (AvgIpc) is 2.90. The summed E-state index contributed by atoms with van der Waals surface area (Å²) in [5.41, 5.74) is 1.31. The van der Waals surface area contributed by atoms with Gasteiger partial charge in [-0.15, -0.1) is 0 Å². The molecule has 1 heterocycles. The van der Waals surface area contributed by atoms with Crippen LogP contribution in [0, 0.1) is 5.92 Å². The molecule has 1 saturated carbocycles. The van der Waals surface area contributed by atoms with Crippen LogP contribution in [-0.2, 0) is 13.1 Å². The van der Waals surface area contributed by atoms with Crippen LogP contribution < -0.4 is 5.32 Å². The van der Waals surface area contributed by atoms with Crippen LogP contribution in [0.4, 0.5) is 0 Å². The van der Waals surface area contributed by atoms with Gasteiger partial charge in [-0.1, -0.05) is 0 Å². The predicted molar refractivity (Wildman–Crippen MR) is 60.5 cm³/mol. The van der Waals surface area contributed by atoms with E-state index in [0.29, 0.717) is 0 Å². The third kappa shape index (κ3) is 3.08. The smallest absolute Gasteiger partial charge is 0.122 e. The van der Waals surface area contributed by atoms with Gasteiger partial charge in [-0.3, -0.25) is 0 Å². The molecule has 1 aliphatic carbocycles. The molecule has 0 bridgehead atoms. The van der Waals surface area contributed by atoms with Gasteiger partial charge in [-0.25, -0.2) is 0 Å². The van der Waals surface area contributed by atoms with Gasteiger partial charge in [0.1, 0.15) is 5.76 Å². The highest BCUT2D eigenvalue weighted by atomic mass is 16.3. The molecule has 0 aromatic carbocycles. The Hall–Kier alpha value is -0.800. The van der Waals surface area contributed by atoms with Crippen molar-refractivity contribution in [2.24, 2.45) is 5.92 Å². The summed E-state index contributed by atoms with van der Waals surface area (Å²) in [6, 6.07) is 2.08. The van der Waals surface area contributed by atoms with Gasteiger partial charge in [0.25, 0.3) is 0 Å². The zero-order valence-electron chi connectivity index (χ0n) is 9.62. The highest BCUT2D eigenvalue weighted by Gasteiger charge is 2.23. The summed E-state index contributed by atoms with van der Waals surface area (Å²) in [4.78, 5) is 2.39. The lowest BCUT2D eigenvalue weighted by Gasteiger charge is -2.15. The molecule has 0 atom stereocenters. The lowest BCUT2D eigenvalue weighted by atomic mass is 10.2. The average molecular weight is 208 g/mol. The van der Waals surface area contributed by atoms with Crippen LogP contribution in [0.15, 0.2) is 16.7 Å². The van der Waals surface area contributed by atoms with Crippen molar-refractivity contribution in [3.63, 3.8) is 0 Å². The SMILES string of the molecule is CNCc1occc1CN(C)CC1CC1. The maximum absolute atomic E-state index is 5.44. The van der Waals surface area contributed by atoms with E-state index in [1.54, 1.807) is 6.26 Å². The van der Waals surface area contributed by atoms with E-state index in [4.69, 9.17) is 4.42 Å². The number of furan rings is 1. The maximum Gasteiger partial charge on any atom is 0.122 e. The van der Waals surface area contributed by atoms with Crippen LogP contribution >= 0.6 is 0 Å². The van der Waals surface area contributed by atoms with Crippen LogP contribution in [0.1, 0.15) is 24.2 Å². The van der Waals surface area contributed by atoms with Crippen molar-refractivity contribution in [3.8, 4) is 0 Å². The molecule has 1 aliphatic rings. The van der Waals surface area contributed by atoms with Crippen LogP contribution in [0.5, 0.6) is 0 Å². The third-order valence-corrected chi connectivity index (χ3v) is 2.88. The van der Waals surface area contributed by atoms with Crippen molar-refractivity contribution in [2.75, 3.05) is 20.6 Å². The molecule has 0 aliphatic heterocycles. The fourth-order valence-electron chi connectivity index (χ4n) is 1.92. The molecule has 1 aromatic rings. The minimum Gasteiger partial charge on any atom is -0.468 e. The summed E-state index contributed by atoms with van der Waals surface area (Å²) in [6.45, 7) is 3.05. The van der Waals surface area contributed by atoms with E-state index in [9.17, 15) is 0 Å². The highest BCUT2D eigenvalue weighted by Crippen LogP contribution is 2.29. The van der Waals surface area contributed by atoms with E-state index in [2.05, 4.69) is 23.3 Å². The zero-order chi connectivity index (χ0) is 10.7. The molecule has 0 saturated heterocycles. The zero-order valence-corrected chi connectivity index (χ0v) is 9.62. The number of rotatable bonds is 6. The molecule has 3 heteroatoms. The van der Waals surface area contributed by atoms with Gasteiger partial charge in [0.15, 0.2) is 0 Å². The fourth-order valence-corrected chi connectivity index (χ4v) is 1.92. The standard InChI is InChI=1S/C12H20N2O/c1-13-7-12-11(5-6-15-12)9-14(2)8-10-3-4-10/h5-6,10,13H,3-4,7-9H2,1-2H3. The summed E-state index contributed by atoms with van der Waals surface area (Å²) in [5, 5.41) is 3.12. The van der Waals surface area contributed by atoms with Crippen molar-refractivity contribution in [2.45, 2.75) is 25.9 Å². The van der Waals surface area contributed by atoms with E-state index in [0.717, 1.165) is 24.8 Å². The summed E-state index contributed by atoms with van der Waals surface area (Å²) in [6.07, 6.45) is 4.62. The molecule has 1 aromatic heterocycles. The van der Waals surface area contributed by atoms with E-state index >= 15 is 0 Å². The normalized spacial score (nSPS) is 16.2. The molecule has 15 heavy (non-hydrogen) atoms. The number of hydrogen-bond acceptors (Lipinski definition) is 3. The number of nitrogens with zero attached hydrogens (tertiary/aromatic N) is 1. The number of nitrogens with one attached hydrogen (secondary N) is 1. The van der Waals surface area contributed by atoms with Gasteiger partial charge in [0, 0.05) is 18.7 Å².